The van der Waals surface area contributed by atoms with Gasteiger partial charge in [-0.05, 0) is 24.8 Å². The van der Waals surface area contributed by atoms with E-state index in [1.807, 2.05) is 23.4 Å². The molecular weight excluding hydrogens is 388 g/mol. The Bertz CT molecular complexity index is 871. The summed E-state index contributed by atoms with van der Waals surface area (Å²) in [6.45, 7) is 2.99. The molecule has 1 aromatic heterocycles. The number of rotatable bonds is 6. The van der Waals surface area contributed by atoms with Crippen LogP contribution in [0.5, 0.6) is 0 Å². The van der Waals surface area contributed by atoms with Gasteiger partial charge in [0.25, 0.3) is 0 Å². The number of carbonyl (C=O) groups excluding carboxylic acids is 1. The second-order valence-corrected chi connectivity index (χ2v) is 8.63. The predicted molar refractivity (Wildman–Crippen MR) is 123 cm³/mol. The molecule has 2 heterocycles. The Kier molecular flexibility index (Phi) is 7.22. The minimum atomic E-state index is 0.239. The van der Waals surface area contributed by atoms with Gasteiger partial charge in [-0.15, -0.1) is 0 Å². The molecule has 2 aliphatic rings. The van der Waals surface area contributed by atoms with Crippen LogP contribution in [-0.4, -0.2) is 52.5 Å². The number of hydrogen-bond acceptors (Lipinski definition) is 3. The van der Waals surface area contributed by atoms with Crippen LogP contribution in [-0.2, 0) is 17.9 Å². The number of aliphatic imine (C=N–C) groups is 1. The summed E-state index contributed by atoms with van der Waals surface area (Å²) >= 11 is 0. The summed E-state index contributed by atoms with van der Waals surface area (Å²) in [5.74, 6) is 2.32. The molecule has 166 valence electrons. The molecule has 2 N–H and O–H groups in total. The molecule has 1 atom stereocenters. The molecule has 1 aromatic carbocycles. The Morgan fingerprint density at radius 1 is 1.16 bits per heavy atom. The Labute approximate surface area is 185 Å². The van der Waals surface area contributed by atoms with E-state index in [2.05, 4.69) is 49.4 Å². The number of aromatic nitrogens is 2. The zero-order chi connectivity index (χ0) is 21.5. The highest BCUT2D eigenvalue weighted by atomic mass is 16.2. The van der Waals surface area contributed by atoms with Gasteiger partial charge in [-0.25, -0.2) is 4.98 Å². The van der Waals surface area contributed by atoms with Crippen LogP contribution in [0.4, 0.5) is 0 Å². The lowest BCUT2D eigenvalue weighted by Gasteiger charge is -2.26. The third-order valence-corrected chi connectivity index (χ3v) is 6.43. The van der Waals surface area contributed by atoms with Gasteiger partial charge < -0.3 is 20.1 Å². The molecule has 4 rings (SSSR count). The molecule has 31 heavy (non-hydrogen) atoms. The highest BCUT2D eigenvalue weighted by Crippen LogP contribution is 2.26. The number of nitrogens with zero attached hydrogens (tertiary/aromatic N) is 4. The topological polar surface area (TPSA) is 74.6 Å². The Balaban J connectivity index is 1.26. The first-order valence-corrected chi connectivity index (χ1v) is 11.5. The van der Waals surface area contributed by atoms with E-state index in [1.165, 1.54) is 24.8 Å². The highest BCUT2D eigenvalue weighted by Gasteiger charge is 2.31. The molecular formula is C24H34N6O. The SMILES string of the molecule is CN=C(NCc1nccn1Cc1ccccc1)NC1CCN(C(=O)C2CCCCC2)C1. The van der Waals surface area contributed by atoms with Gasteiger partial charge in [0.05, 0.1) is 6.54 Å². The third kappa shape index (κ3) is 5.66. The number of likely N-dealkylation sites (tertiary alicyclic amines) is 1. The smallest absolute Gasteiger partial charge is 0.225 e. The van der Waals surface area contributed by atoms with Crippen LogP contribution in [0.2, 0.25) is 0 Å². The standard InChI is InChI=1S/C24H34N6O/c1-25-24(27-16-22-26-13-15-29(22)17-19-8-4-2-5-9-19)28-21-12-14-30(18-21)23(31)20-10-6-3-7-11-20/h2,4-5,8-9,13,15,20-21H,3,6-7,10-12,14,16-18H2,1H3,(H2,25,27,28). The predicted octanol–water partition coefficient (Wildman–Crippen LogP) is 2.78. The minimum absolute atomic E-state index is 0.239. The zero-order valence-corrected chi connectivity index (χ0v) is 18.5. The summed E-state index contributed by atoms with van der Waals surface area (Å²) in [7, 11) is 1.78. The molecule has 0 radical (unpaired) electrons. The number of benzene rings is 1. The van der Waals surface area contributed by atoms with Crippen LogP contribution in [0.1, 0.15) is 49.9 Å². The van der Waals surface area contributed by atoms with E-state index < -0.39 is 0 Å². The molecule has 0 spiro atoms. The second kappa shape index (κ2) is 10.5. The van der Waals surface area contributed by atoms with E-state index in [0.717, 1.165) is 50.7 Å². The van der Waals surface area contributed by atoms with Crippen molar-refractivity contribution in [1.82, 2.24) is 25.1 Å². The maximum Gasteiger partial charge on any atom is 0.225 e. The van der Waals surface area contributed by atoms with Crippen molar-refractivity contribution in [1.29, 1.82) is 0 Å². The van der Waals surface area contributed by atoms with Crippen LogP contribution >= 0.6 is 0 Å². The quantitative estimate of drug-likeness (QED) is 0.555. The molecule has 7 nitrogen and oxygen atoms in total. The van der Waals surface area contributed by atoms with Crippen molar-refractivity contribution < 1.29 is 4.79 Å². The van der Waals surface area contributed by atoms with Crippen molar-refractivity contribution in [3.8, 4) is 0 Å². The van der Waals surface area contributed by atoms with Crippen LogP contribution < -0.4 is 10.6 Å². The number of carbonyl (C=O) groups is 1. The summed E-state index contributed by atoms with van der Waals surface area (Å²) in [5.41, 5.74) is 1.25. The average molecular weight is 423 g/mol. The first-order chi connectivity index (χ1) is 15.2. The fourth-order valence-electron chi connectivity index (χ4n) is 4.67. The van der Waals surface area contributed by atoms with Crippen LogP contribution in [0, 0.1) is 5.92 Å². The van der Waals surface area contributed by atoms with Crippen LogP contribution in [0.15, 0.2) is 47.7 Å². The number of imidazole rings is 1. The number of amides is 1. The molecule has 1 unspecified atom stereocenters. The fourth-order valence-corrected chi connectivity index (χ4v) is 4.67. The molecule has 0 bridgehead atoms. The number of hydrogen-bond donors (Lipinski definition) is 2. The molecule has 2 aromatic rings. The van der Waals surface area contributed by atoms with Gasteiger partial charge in [0.2, 0.25) is 5.91 Å². The van der Waals surface area contributed by atoms with Gasteiger partial charge >= 0.3 is 0 Å². The Morgan fingerprint density at radius 3 is 2.74 bits per heavy atom. The van der Waals surface area contributed by atoms with E-state index in [1.54, 1.807) is 7.05 Å². The molecule has 1 saturated carbocycles. The lowest BCUT2D eigenvalue weighted by molar-refractivity contribution is -0.135. The maximum absolute atomic E-state index is 12.8. The largest absolute Gasteiger partial charge is 0.352 e. The van der Waals surface area contributed by atoms with Gasteiger partial charge in [-0.1, -0.05) is 49.6 Å². The van der Waals surface area contributed by atoms with E-state index >= 15 is 0 Å². The van der Waals surface area contributed by atoms with E-state index in [9.17, 15) is 4.79 Å². The van der Waals surface area contributed by atoms with Gasteiger partial charge in [-0.3, -0.25) is 9.79 Å². The zero-order valence-electron chi connectivity index (χ0n) is 18.5. The Hall–Kier alpha value is -2.83. The molecule has 1 aliphatic heterocycles. The van der Waals surface area contributed by atoms with E-state index in [-0.39, 0.29) is 12.0 Å². The average Bonchev–Trinajstić information content (AvgIpc) is 3.47. The lowest BCUT2D eigenvalue weighted by atomic mass is 9.88. The van der Waals surface area contributed by atoms with Gasteiger partial charge in [0.15, 0.2) is 5.96 Å². The van der Waals surface area contributed by atoms with Crippen molar-refractivity contribution in [3.05, 3.63) is 54.1 Å². The summed E-state index contributed by atoms with van der Waals surface area (Å²) in [6, 6.07) is 10.6. The minimum Gasteiger partial charge on any atom is -0.352 e. The van der Waals surface area contributed by atoms with Crippen molar-refractivity contribution in [2.75, 3.05) is 20.1 Å². The molecule has 1 aliphatic carbocycles. The van der Waals surface area contributed by atoms with Gasteiger partial charge in [-0.2, -0.15) is 0 Å². The molecule has 1 saturated heterocycles. The highest BCUT2D eigenvalue weighted by molar-refractivity contribution is 5.81. The maximum atomic E-state index is 12.8. The monoisotopic (exact) mass is 422 g/mol. The first-order valence-electron chi connectivity index (χ1n) is 11.5. The third-order valence-electron chi connectivity index (χ3n) is 6.43. The molecule has 1 amide bonds. The molecule has 7 heteroatoms. The first kappa shape index (κ1) is 21.4. The summed E-state index contributed by atoms with van der Waals surface area (Å²) < 4.78 is 2.15. The number of nitrogens with one attached hydrogen (secondary N) is 2. The normalized spacial score (nSPS) is 20.1. The van der Waals surface area contributed by atoms with Gasteiger partial charge in [0, 0.05) is 51.0 Å². The van der Waals surface area contributed by atoms with Crippen molar-refractivity contribution in [2.24, 2.45) is 10.9 Å². The van der Waals surface area contributed by atoms with E-state index in [0.29, 0.717) is 12.5 Å². The summed E-state index contributed by atoms with van der Waals surface area (Å²) in [6.07, 6.45) is 10.6. The van der Waals surface area contributed by atoms with Crippen LogP contribution in [0.3, 0.4) is 0 Å². The second-order valence-electron chi connectivity index (χ2n) is 8.63. The van der Waals surface area contributed by atoms with E-state index in [4.69, 9.17) is 0 Å². The number of guanidine groups is 1. The Morgan fingerprint density at radius 2 is 1.97 bits per heavy atom. The van der Waals surface area contributed by atoms with Crippen molar-refractivity contribution >= 4 is 11.9 Å². The fraction of sp³-hybridized carbons (Fsp3) is 0.542. The van der Waals surface area contributed by atoms with Crippen LogP contribution in [0.25, 0.3) is 0 Å². The summed E-state index contributed by atoms with van der Waals surface area (Å²) in [5, 5.41) is 6.88. The van der Waals surface area contributed by atoms with Crippen molar-refractivity contribution in [3.63, 3.8) is 0 Å². The molecule has 2 fully saturated rings. The van der Waals surface area contributed by atoms with Gasteiger partial charge in [0.1, 0.15) is 5.82 Å². The van der Waals surface area contributed by atoms with Crippen molar-refractivity contribution in [2.45, 2.75) is 57.7 Å². The summed E-state index contributed by atoms with van der Waals surface area (Å²) in [4.78, 5) is 23.7. The lowest BCUT2D eigenvalue weighted by Crippen LogP contribution is -2.45.